The van der Waals surface area contributed by atoms with Crippen LogP contribution in [0.25, 0.3) is 0 Å². The summed E-state index contributed by atoms with van der Waals surface area (Å²) in [6.07, 6.45) is 4.49. The minimum Gasteiger partial charge on any atom is -0.495 e. The van der Waals surface area contributed by atoms with Gasteiger partial charge in [-0.3, -0.25) is 9.59 Å². The molecule has 2 N–H and O–H groups in total. The lowest BCUT2D eigenvalue weighted by molar-refractivity contribution is -0.117. The lowest BCUT2D eigenvalue weighted by Crippen LogP contribution is -2.35. The molecule has 8 nitrogen and oxygen atoms in total. The highest BCUT2D eigenvalue weighted by Crippen LogP contribution is 2.34. The zero-order chi connectivity index (χ0) is 22.9. The molecule has 0 atom stereocenters. The van der Waals surface area contributed by atoms with Crippen molar-refractivity contribution in [3.63, 3.8) is 0 Å². The Morgan fingerprint density at radius 3 is 2.47 bits per heavy atom. The molecule has 1 aliphatic heterocycles. The summed E-state index contributed by atoms with van der Waals surface area (Å²) in [6.45, 7) is 2.76. The summed E-state index contributed by atoms with van der Waals surface area (Å²) in [6, 6.07) is 6.39. The van der Waals surface area contributed by atoms with Crippen LogP contribution in [0.4, 0.5) is 10.7 Å². The van der Waals surface area contributed by atoms with Crippen molar-refractivity contribution in [3.05, 3.63) is 34.7 Å². The number of rotatable bonds is 7. The fourth-order valence-electron chi connectivity index (χ4n) is 3.73. The van der Waals surface area contributed by atoms with E-state index in [0.717, 1.165) is 37.7 Å². The number of carbonyl (C=O) groups excluding carboxylic acids is 2. The van der Waals surface area contributed by atoms with Crippen LogP contribution in [0.2, 0.25) is 0 Å². The molecule has 10 heteroatoms. The van der Waals surface area contributed by atoms with E-state index in [4.69, 9.17) is 4.74 Å². The summed E-state index contributed by atoms with van der Waals surface area (Å²) >= 11 is 1.21. The van der Waals surface area contributed by atoms with Crippen molar-refractivity contribution in [2.45, 2.75) is 43.9 Å². The minimum absolute atomic E-state index is 0.0130. The monoisotopic (exact) mass is 477 g/mol. The number of piperidine rings is 1. The van der Waals surface area contributed by atoms with Crippen molar-refractivity contribution in [1.82, 2.24) is 4.31 Å². The van der Waals surface area contributed by atoms with Crippen LogP contribution in [0.1, 0.15) is 47.3 Å². The Balaban J connectivity index is 1.54. The number of carbonyl (C=O) groups is 2. The van der Waals surface area contributed by atoms with Crippen molar-refractivity contribution in [3.8, 4) is 5.75 Å². The van der Waals surface area contributed by atoms with Crippen molar-refractivity contribution in [2.24, 2.45) is 5.92 Å². The Morgan fingerprint density at radius 2 is 1.81 bits per heavy atom. The van der Waals surface area contributed by atoms with E-state index < -0.39 is 10.0 Å². The van der Waals surface area contributed by atoms with E-state index in [0.29, 0.717) is 28.7 Å². The van der Waals surface area contributed by atoms with Crippen molar-refractivity contribution < 1.29 is 22.7 Å². The van der Waals surface area contributed by atoms with Crippen LogP contribution < -0.4 is 15.4 Å². The average Bonchev–Trinajstić information content (AvgIpc) is 3.57. The zero-order valence-corrected chi connectivity index (χ0v) is 19.8. The van der Waals surface area contributed by atoms with Crippen LogP contribution in [-0.4, -0.2) is 44.7 Å². The number of benzene rings is 1. The fraction of sp³-hybridized carbons (Fsp3) is 0.455. The molecular weight excluding hydrogens is 450 g/mol. The molecule has 2 aromatic rings. The highest BCUT2D eigenvalue weighted by molar-refractivity contribution is 7.89. The van der Waals surface area contributed by atoms with Gasteiger partial charge < -0.3 is 15.4 Å². The summed E-state index contributed by atoms with van der Waals surface area (Å²) in [5, 5.41) is 6.28. The van der Waals surface area contributed by atoms with Crippen LogP contribution in [0.3, 0.4) is 0 Å². The number of ether oxygens (including phenoxy) is 1. The normalized spacial score (nSPS) is 17.1. The van der Waals surface area contributed by atoms with E-state index >= 15 is 0 Å². The molecule has 0 unspecified atom stereocenters. The molecule has 32 heavy (non-hydrogen) atoms. The lowest BCUT2D eigenvalue weighted by atomic mass is 10.2. The van der Waals surface area contributed by atoms with E-state index in [1.807, 2.05) is 0 Å². The van der Waals surface area contributed by atoms with Gasteiger partial charge >= 0.3 is 0 Å². The van der Waals surface area contributed by atoms with Crippen LogP contribution in [0, 0.1) is 12.8 Å². The molecule has 1 aromatic heterocycles. The second-order valence-corrected chi connectivity index (χ2v) is 11.1. The number of methoxy groups -OCH3 is 1. The number of thiophene rings is 1. The third kappa shape index (κ3) is 4.82. The third-order valence-corrected chi connectivity index (χ3v) is 8.74. The van der Waals surface area contributed by atoms with Gasteiger partial charge in [0.1, 0.15) is 10.6 Å². The first kappa shape index (κ1) is 22.8. The van der Waals surface area contributed by atoms with Crippen molar-refractivity contribution in [2.75, 3.05) is 30.8 Å². The van der Waals surface area contributed by atoms with Crippen LogP contribution >= 0.6 is 11.3 Å². The fourth-order valence-corrected chi connectivity index (χ4v) is 6.40. The van der Waals surface area contributed by atoms with Gasteiger partial charge in [-0.1, -0.05) is 6.42 Å². The lowest BCUT2D eigenvalue weighted by Gasteiger charge is -2.26. The second-order valence-electron chi connectivity index (χ2n) is 8.17. The topological polar surface area (TPSA) is 105 Å². The summed E-state index contributed by atoms with van der Waals surface area (Å²) in [5.74, 6) is -0.0490. The van der Waals surface area contributed by atoms with Gasteiger partial charge in [-0.25, -0.2) is 8.42 Å². The Hall–Kier alpha value is -2.43. The molecule has 2 aliphatic rings. The highest BCUT2D eigenvalue weighted by Gasteiger charge is 2.31. The van der Waals surface area contributed by atoms with Gasteiger partial charge in [0.05, 0.1) is 17.0 Å². The van der Waals surface area contributed by atoms with Crippen molar-refractivity contribution in [1.29, 1.82) is 0 Å². The van der Waals surface area contributed by atoms with Gasteiger partial charge in [-0.05, 0) is 62.4 Å². The van der Waals surface area contributed by atoms with E-state index in [2.05, 4.69) is 10.6 Å². The Kier molecular flexibility index (Phi) is 6.55. The molecule has 1 aliphatic carbocycles. The average molecular weight is 478 g/mol. The largest absolute Gasteiger partial charge is 0.495 e. The SMILES string of the molecule is COc1ccc(NC(=O)c2sc(NC(=O)C3CC3)cc2C)cc1S(=O)(=O)N1CCCCC1. The number of nitrogens with zero attached hydrogens (tertiary/aromatic N) is 1. The maximum Gasteiger partial charge on any atom is 0.266 e. The minimum atomic E-state index is -3.74. The summed E-state index contributed by atoms with van der Waals surface area (Å²) in [4.78, 5) is 25.4. The first-order chi connectivity index (χ1) is 15.3. The smallest absolute Gasteiger partial charge is 0.266 e. The van der Waals surface area contributed by atoms with E-state index in [9.17, 15) is 18.0 Å². The number of hydrogen-bond donors (Lipinski definition) is 2. The molecular formula is C22H27N3O5S2. The van der Waals surface area contributed by atoms with Gasteiger partial charge in [0.2, 0.25) is 15.9 Å². The number of nitrogens with one attached hydrogen (secondary N) is 2. The maximum absolute atomic E-state index is 13.2. The zero-order valence-electron chi connectivity index (χ0n) is 18.1. The summed E-state index contributed by atoms with van der Waals surface area (Å²) in [5.41, 5.74) is 1.11. The predicted octanol–water partition coefficient (Wildman–Crippen LogP) is 3.84. The highest BCUT2D eigenvalue weighted by atomic mass is 32.2. The van der Waals surface area contributed by atoms with Crippen LogP contribution in [-0.2, 0) is 14.8 Å². The summed E-state index contributed by atoms with van der Waals surface area (Å²) in [7, 11) is -2.31. The van der Waals surface area contributed by atoms with Crippen molar-refractivity contribution >= 4 is 43.9 Å². The number of sulfonamides is 1. The van der Waals surface area contributed by atoms with E-state index in [-0.39, 0.29) is 28.4 Å². The predicted molar refractivity (Wildman–Crippen MR) is 124 cm³/mol. The molecule has 1 saturated heterocycles. The molecule has 2 heterocycles. The number of aryl methyl sites for hydroxylation is 1. The Morgan fingerprint density at radius 1 is 1.09 bits per heavy atom. The number of anilines is 2. The van der Waals surface area contributed by atoms with Gasteiger partial charge in [-0.2, -0.15) is 4.31 Å². The standard InChI is InChI=1S/C22H27N3O5S2/c1-14-12-19(24-21(26)15-6-7-15)31-20(14)22(27)23-16-8-9-17(30-2)18(13-16)32(28,29)25-10-4-3-5-11-25/h8-9,12-13,15H,3-7,10-11H2,1-2H3,(H,23,27)(H,24,26). The summed E-state index contributed by atoms with van der Waals surface area (Å²) < 4.78 is 33.1. The Bertz CT molecular complexity index is 1130. The van der Waals surface area contributed by atoms with E-state index in [1.54, 1.807) is 25.1 Å². The molecule has 0 bridgehead atoms. The molecule has 2 amide bonds. The number of hydrogen-bond acceptors (Lipinski definition) is 6. The van der Waals surface area contributed by atoms with Gasteiger partial charge in [-0.15, -0.1) is 11.3 Å². The molecule has 4 rings (SSSR count). The first-order valence-corrected chi connectivity index (χ1v) is 13.0. The quantitative estimate of drug-likeness (QED) is 0.630. The second kappa shape index (κ2) is 9.21. The third-order valence-electron chi connectivity index (χ3n) is 5.67. The van der Waals surface area contributed by atoms with Gasteiger partial charge in [0, 0.05) is 24.7 Å². The van der Waals surface area contributed by atoms with E-state index in [1.165, 1.54) is 28.8 Å². The molecule has 0 radical (unpaired) electrons. The molecule has 1 saturated carbocycles. The number of amides is 2. The molecule has 1 aromatic carbocycles. The van der Waals surface area contributed by atoms with Gasteiger partial charge in [0.15, 0.2) is 0 Å². The molecule has 2 fully saturated rings. The van der Waals surface area contributed by atoms with Crippen LogP contribution in [0.5, 0.6) is 5.75 Å². The van der Waals surface area contributed by atoms with Gasteiger partial charge in [0.25, 0.3) is 5.91 Å². The molecule has 172 valence electrons. The molecule has 0 spiro atoms. The Labute approximate surface area is 192 Å². The van der Waals surface area contributed by atoms with Crippen LogP contribution in [0.15, 0.2) is 29.2 Å². The maximum atomic E-state index is 13.2. The first-order valence-electron chi connectivity index (χ1n) is 10.7.